The molecule has 1 aliphatic carbocycles. The van der Waals surface area contributed by atoms with Gasteiger partial charge in [0.15, 0.2) is 0 Å². The van der Waals surface area contributed by atoms with E-state index in [1.807, 2.05) is 0 Å². The van der Waals surface area contributed by atoms with Crippen LogP contribution in [0.4, 0.5) is 17.1 Å². The maximum absolute atomic E-state index is 2.44. The number of fused-ring (bicyclic) bond motifs is 6. The smallest absolute Gasteiger partial charge is 0.0467 e. The Kier molecular flexibility index (Phi) is 7.56. The minimum absolute atomic E-state index is 0.172. The summed E-state index contributed by atoms with van der Waals surface area (Å²) in [5, 5.41) is 5.07. The topological polar surface area (TPSA) is 3.24 Å². The molecule has 0 aliphatic heterocycles. The third-order valence-electron chi connectivity index (χ3n) is 11.4. The predicted molar refractivity (Wildman–Crippen MR) is 230 cm³/mol. The maximum atomic E-state index is 2.44. The van der Waals surface area contributed by atoms with Crippen LogP contribution in [0.3, 0.4) is 0 Å². The van der Waals surface area contributed by atoms with Gasteiger partial charge in [-0.05, 0) is 126 Å². The van der Waals surface area contributed by atoms with Gasteiger partial charge in [0.05, 0.1) is 0 Å². The lowest BCUT2D eigenvalue weighted by atomic mass is 9.81. The van der Waals surface area contributed by atoms with Gasteiger partial charge in [-0.1, -0.05) is 166 Å². The molecule has 0 fully saturated rings. The van der Waals surface area contributed by atoms with E-state index in [2.05, 4.69) is 219 Å². The highest BCUT2D eigenvalue weighted by Crippen LogP contribution is 2.52. The monoisotopic (exact) mass is 689 g/mol. The summed E-state index contributed by atoms with van der Waals surface area (Å²) >= 11 is 0. The van der Waals surface area contributed by atoms with Gasteiger partial charge in [-0.15, -0.1) is 0 Å². The van der Waals surface area contributed by atoms with Crippen molar-refractivity contribution in [2.24, 2.45) is 0 Å². The van der Waals surface area contributed by atoms with E-state index in [1.165, 1.54) is 77.2 Å². The Hall–Kier alpha value is -6.70. The van der Waals surface area contributed by atoms with Crippen molar-refractivity contribution in [2.45, 2.75) is 19.3 Å². The highest BCUT2D eigenvalue weighted by molar-refractivity contribution is 6.14. The molecule has 256 valence electrons. The zero-order valence-electron chi connectivity index (χ0n) is 30.5. The maximum Gasteiger partial charge on any atom is 0.0467 e. The predicted octanol–water partition coefficient (Wildman–Crippen LogP) is 14.8. The SMILES string of the molecule is CC1(C)c2cc(-c3ccccc3)ccc2-c2ccc(N(c3cccc(-c4ccccc4)c3)c3cccc(-c4cc5ccccc5c5ccccc45)c3)cc21. The van der Waals surface area contributed by atoms with Crippen molar-refractivity contribution in [1.82, 2.24) is 0 Å². The molecule has 0 saturated carbocycles. The molecule has 0 amide bonds. The van der Waals surface area contributed by atoms with Crippen molar-refractivity contribution >= 4 is 38.6 Å². The number of anilines is 3. The second-order valence-corrected chi connectivity index (χ2v) is 15.0. The molecule has 10 rings (SSSR count). The fourth-order valence-corrected chi connectivity index (χ4v) is 8.68. The van der Waals surface area contributed by atoms with Crippen molar-refractivity contribution in [3.63, 3.8) is 0 Å². The van der Waals surface area contributed by atoms with Crippen molar-refractivity contribution in [1.29, 1.82) is 0 Å². The second kappa shape index (κ2) is 12.8. The molecule has 1 nitrogen and oxygen atoms in total. The minimum Gasteiger partial charge on any atom is -0.310 e. The molecule has 9 aromatic carbocycles. The molecule has 0 radical (unpaired) electrons. The van der Waals surface area contributed by atoms with E-state index in [0.29, 0.717) is 0 Å². The van der Waals surface area contributed by atoms with Gasteiger partial charge in [0.2, 0.25) is 0 Å². The minimum atomic E-state index is -0.172. The quantitative estimate of drug-likeness (QED) is 0.157. The first kappa shape index (κ1) is 32.0. The van der Waals surface area contributed by atoms with Crippen LogP contribution in [0.1, 0.15) is 25.0 Å². The molecule has 0 aromatic heterocycles. The fraction of sp³-hybridized carbons (Fsp3) is 0.0566. The first-order valence-corrected chi connectivity index (χ1v) is 18.8. The van der Waals surface area contributed by atoms with Crippen LogP contribution in [0.2, 0.25) is 0 Å². The van der Waals surface area contributed by atoms with Crippen molar-refractivity contribution in [2.75, 3.05) is 4.90 Å². The molecular weight excluding hydrogens is 651 g/mol. The van der Waals surface area contributed by atoms with Crippen molar-refractivity contribution in [3.05, 3.63) is 211 Å². The average molecular weight is 690 g/mol. The Morgan fingerprint density at radius 3 is 1.52 bits per heavy atom. The Balaban J connectivity index is 1.14. The van der Waals surface area contributed by atoms with E-state index in [9.17, 15) is 0 Å². The van der Waals surface area contributed by atoms with E-state index in [0.717, 1.165) is 17.1 Å². The molecule has 0 saturated heterocycles. The number of hydrogen-bond acceptors (Lipinski definition) is 1. The zero-order valence-corrected chi connectivity index (χ0v) is 30.5. The van der Waals surface area contributed by atoms with E-state index in [4.69, 9.17) is 0 Å². The Labute approximate surface area is 317 Å². The van der Waals surface area contributed by atoms with Crippen LogP contribution in [-0.4, -0.2) is 0 Å². The lowest BCUT2D eigenvalue weighted by Crippen LogP contribution is -2.16. The first-order chi connectivity index (χ1) is 26.5. The normalized spacial score (nSPS) is 12.8. The van der Waals surface area contributed by atoms with Gasteiger partial charge in [-0.25, -0.2) is 0 Å². The van der Waals surface area contributed by atoms with Crippen LogP contribution in [0.5, 0.6) is 0 Å². The van der Waals surface area contributed by atoms with Crippen LogP contribution in [-0.2, 0) is 5.41 Å². The fourth-order valence-electron chi connectivity index (χ4n) is 8.68. The van der Waals surface area contributed by atoms with E-state index < -0.39 is 0 Å². The summed E-state index contributed by atoms with van der Waals surface area (Å²) in [6, 6.07) is 73.4. The summed E-state index contributed by atoms with van der Waals surface area (Å²) in [5.74, 6) is 0. The van der Waals surface area contributed by atoms with E-state index in [-0.39, 0.29) is 5.41 Å². The molecule has 1 aliphatic rings. The average Bonchev–Trinajstić information content (AvgIpc) is 3.46. The largest absolute Gasteiger partial charge is 0.310 e. The van der Waals surface area contributed by atoms with Crippen LogP contribution in [0, 0.1) is 0 Å². The summed E-state index contributed by atoms with van der Waals surface area (Å²) in [6.07, 6.45) is 0. The number of benzene rings is 9. The molecule has 1 heteroatoms. The zero-order chi connectivity index (χ0) is 36.2. The Bertz CT molecular complexity index is 2850. The molecule has 0 N–H and O–H groups in total. The van der Waals surface area contributed by atoms with E-state index >= 15 is 0 Å². The van der Waals surface area contributed by atoms with Gasteiger partial charge in [-0.3, -0.25) is 0 Å². The summed E-state index contributed by atoms with van der Waals surface area (Å²) in [5.41, 5.74) is 15.9. The van der Waals surface area contributed by atoms with Crippen LogP contribution in [0.15, 0.2) is 200 Å². The molecular formula is C53H39N. The van der Waals surface area contributed by atoms with Gasteiger partial charge in [0, 0.05) is 22.5 Å². The summed E-state index contributed by atoms with van der Waals surface area (Å²) in [6.45, 7) is 4.75. The van der Waals surface area contributed by atoms with Gasteiger partial charge >= 0.3 is 0 Å². The van der Waals surface area contributed by atoms with Crippen molar-refractivity contribution < 1.29 is 0 Å². The summed E-state index contributed by atoms with van der Waals surface area (Å²) < 4.78 is 0. The standard InChI is InChI=1S/C53H39N/c1-53(2)51-34-39(37-17-7-4-8-18-37)27-29-48(51)49-30-28-44(35-52(49)53)54(42-22-13-20-38(31-42)36-15-5-3-6-16-36)43-23-14-21-40(32-43)50-33-41-19-9-10-24-45(41)46-25-11-12-26-47(46)50/h3-35H,1-2H3. The first-order valence-electron chi connectivity index (χ1n) is 18.8. The summed E-state index contributed by atoms with van der Waals surface area (Å²) in [7, 11) is 0. The number of hydrogen-bond donors (Lipinski definition) is 0. The van der Waals surface area contributed by atoms with Crippen LogP contribution >= 0.6 is 0 Å². The molecule has 9 aromatic rings. The lowest BCUT2D eigenvalue weighted by Gasteiger charge is -2.29. The van der Waals surface area contributed by atoms with Crippen molar-refractivity contribution in [3.8, 4) is 44.5 Å². The van der Waals surface area contributed by atoms with Gasteiger partial charge in [0.25, 0.3) is 0 Å². The molecule has 0 bridgehead atoms. The summed E-state index contributed by atoms with van der Waals surface area (Å²) in [4.78, 5) is 2.44. The third-order valence-corrected chi connectivity index (χ3v) is 11.4. The van der Waals surface area contributed by atoms with Gasteiger partial charge < -0.3 is 4.90 Å². The Morgan fingerprint density at radius 2 is 0.815 bits per heavy atom. The number of rotatable bonds is 6. The van der Waals surface area contributed by atoms with Gasteiger partial charge in [-0.2, -0.15) is 0 Å². The lowest BCUT2D eigenvalue weighted by molar-refractivity contribution is 0.660. The number of nitrogens with zero attached hydrogens (tertiary/aromatic N) is 1. The third kappa shape index (κ3) is 5.32. The molecule has 0 unspecified atom stereocenters. The molecule has 0 atom stereocenters. The van der Waals surface area contributed by atoms with Crippen LogP contribution < -0.4 is 4.90 Å². The highest BCUT2D eigenvalue weighted by Gasteiger charge is 2.36. The highest BCUT2D eigenvalue weighted by atomic mass is 15.1. The van der Waals surface area contributed by atoms with Gasteiger partial charge in [0.1, 0.15) is 0 Å². The Morgan fingerprint density at radius 1 is 0.315 bits per heavy atom. The van der Waals surface area contributed by atoms with E-state index in [1.54, 1.807) is 0 Å². The van der Waals surface area contributed by atoms with Crippen LogP contribution in [0.25, 0.3) is 66.1 Å². The second-order valence-electron chi connectivity index (χ2n) is 15.0. The molecule has 0 spiro atoms. The molecule has 54 heavy (non-hydrogen) atoms. The molecule has 0 heterocycles.